The van der Waals surface area contributed by atoms with E-state index in [1.54, 1.807) is 0 Å². The highest BCUT2D eigenvalue weighted by Gasteiger charge is 2.34. The lowest BCUT2D eigenvalue weighted by Crippen LogP contribution is -2.38. The average molecular weight is 282 g/mol. The Morgan fingerprint density at radius 3 is 2.43 bits per heavy atom. The maximum atomic E-state index is 9.80. The molecule has 1 heterocycles. The van der Waals surface area contributed by atoms with Crippen LogP contribution in [0.15, 0.2) is 54.7 Å². The van der Waals surface area contributed by atoms with Gasteiger partial charge in [0.1, 0.15) is 0 Å². The molecule has 21 heavy (non-hydrogen) atoms. The topological polar surface area (TPSA) is 36.4 Å². The lowest BCUT2D eigenvalue weighted by atomic mass is 10.1. The third-order valence-corrected chi connectivity index (χ3v) is 4.14. The highest BCUT2D eigenvalue weighted by atomic mass is 16.3. The summed E-state index contributed by atoms with van der Waals surface area (Å²) in [6.45, 7) is 1.88. The van der Waals surface area contributed by atoms with Crippen LogP contribution < -0.4 is 0 Å². The molecule has 1 unspecified atom stereocenters. The highest BCUT2D eigenvalue weighted by Crippen LogP contribution is 2.36. The standard InChI is InChI=1S/C18H22N2O/c21-14-18(16-9-10-16)20(12-15-6-2-1-3-7-15)13-17-8-4-5-11-19-17/h1-8,11,16,18,21H,9-10,12-14H2. The van der Waals surface area contributed by atoms with Crippen LogP contribution >= 0.6 is 0 Å². The van der Waals surface area contributed by atoms with E-state index >= 15 is 0 Å². The monoisotopic (exact) mass is 282 g/mol. The average Bonchev–Trinajstić information content (AvgIpc) is 3.35. The van der Waals surface area contributed by atoms with Crippen LogP contribution in [-0.4, -0.2) is 27.6 Å². The van der Waals surface area contributed by atoms with Crippen molar-refractivity contribution in [3.63, 3.8) is 0 Å². The summed E-state index contributed by atoms with van der Waals surface area (Å²) in [7, 11) is 0. The van der Waals surface area contributed by atoms with Crippen LogP contribution in [-0.2, 0) is 13.1 Å². The Morgan fingerprint density at radius 2 is 1.81 bits per heavy atom. The Morgan fingerprint density at radius 1 is 1.05 bits per heavy atom. The number of rotatable bonds is 7. The van der Waals surface area contributed by atoms with Crippen LogP contribution in [0.5, 0.6) is 0 Å². The van der Waals surface area contributed by atoms with E-state index < -0.39 is 0 Å². The van der Waals surface area contributed by atoms with E-state index in [0.717, 1.165) is 18.8 Å². The Kier molecular flexibility index (Phi) is 4.63. The van der Waals surface area contributed by atoms with Crippen LogP contribution in [0, 0.1) is 5.92 Å². The molecule has 1 saturated carbocycles. The van der Waals surface area contributed by atoms with Crippen molar-refractivity contribution >= 4 is 0 Å². The van der Waals surface area contributed by atoms with Gasteiger partial charge in [0.15, 0.2) is 0 Å². The Labute approximate surface area is 126 Å². The van der Waals surface area contributed by atoms with Gasteiger partial charge in [0.05, 0.1) is 12.3 Å². The van der Waals surface area contributed by atoms with Crippen molar-refractivity contribution in [1.82, 2.24) is 9.88 Å². The first-order chi connectivity index (χ1) is 10.4. The SMILES string of the molecule is OCC(C1CC1)N(Cc1ccccc1)Cc1ccccn1. The quantitative estimate of drug-likeness (QED) is 0.848. The normalized spacial score (nSPS) is 16.1. The molecule has 0 amide bonds. The van der Waals surface area contributed by atoms with Gasteiger partial charge < -0.3 is 5.11 Å². The molecular formula is C18H22N2O. The molecule has 3 heteroatoms. The summed E-state index contributed by atoms with van der Waals surface area (Å²) in [5, 5.41) is 9.80. The predicted octanol–water partition coefficient (Wildman–Crippen LogP) is 2.85. The fourth-order valence-electron chi connectivity index (χ4n) is 2.85. The van der Waals surface area contributed by atoms with E-state index in [4.69, 9.17) is 0 Å². The molecule has 0 saturated heterocycles. The second-order valence-corrected chi connectivity index (χ2v) is 5.80. The van der Waals surface area contributed by atoms with Gasteiger partial charge in [-0.25, -0.2) is 0 Å². The highest BCUT2D eigenvalue weighted by molar-refractivity contribution is 5.15. The van der Waals surface area contributed by atoms with Gasteiger partial charge in [-0.1, -0.05) is 36.4 Å². The molecule has 0 radical (unpaired) electrons. The van der Waals surface area contributed by atoms with Crippen molar-refractivity contribution in [3.8, 4) is 0 Å². The van der Waals surface area contributed by atoms with Crippen molar-refractivity contribution in [1.29, 1.82) is 0 Å². The van der Waals surface area contributed by atoms with Crippen LogP contribution in [0.25, 0.3) is 0 Å². The Bertz CT molecular complexity index is 498. The van der Waals surface area contributed by atoms with Gasteiger partial charge in [-0.2, -0.15) is 0 Å². The molecule has 0 bridgehead atoms. The maximum Gasteiger partial charge on any atom is 0.0589 e. The predicted molar refractivity (Wildman–Crippen MR) is 83.5 cm³/mol. The smallest absolute Gasteiger partial charge is 0.0589 e. The summed E-state index contributed by atoms with van der Waals surface area (Å²) in [6, 6.07) is 16.7. The zero-order valence-electron chi connectivity index (χ0n) is 12.2. The molecule has 2 aromatic rings. The number of pyridine rings is 1. The molecular weight excluding hydrogens is 260 g/mol. The van der Waals surface area contributed by atoms with E-state index in [0.29, 0.717) is 5.92 Å². The second kappa shape index (κ2) is 6.83. The lowest BCUT2D eigenvalue weighted by Gasteiger charge is -2.30. The number of benzene rings is 1. The molecule has 0 spiro atoms. The molecule has 1 aliphatic carbocycles. The largest absolute Gasteiger partial charge is 0.395 e. The van der Waals surface area contributed by atoms with Gasteiger partial charge >= 0.3 is 0 Å². The van der Waals surface area contributed by atoms with Crippen molar-refractivity contribution < 1.29 is 5.11 Å². The molecule has 1 N–H and O–H groups in total. The minimum absolute atomic E-state index is 0.227. The number of hydrogen-bond acceptors (Lipinski definition) is 3. The molecule has 1 aromatic heterocycles. The summed E-state index contributed by atoms with van der Waals surface area (Å²) in [6.07, 6.45) is 4.30. The minimum Gasteiger partial charge on any atom is -0.395 e. The van der Waals surface area contributed by atoms with E-state index in [9.17, 15) is 5.11 Å². The third-order valence-electron chi connectivity index (χ3n) is 4.14. The van der Waals surface area contributed by atoms with E-state index in [2.05, 4.69) is 40.2 Å². The summed E-state index contributed by atoms with van der Waals surface area (Å²) in [5.41, 5.74) is 2.35. The molecule has 3 nitrogen and oxygen atoms in total. The summed E-state index contributed by atoms with van der Waals surface area (Å²) < 4.78 is 0. The Balaban J connectivity index is 1.76. The fourth-order valence-corrected chi connectivity index (χ4v) is 2.85. The van der Waals surface area contributed by atoms with Crippen molar-refractivity contribution in [2.45, 2.75) is 32.0 Å². The number of aromatic nitrogens is 1. The van der Waals surface area contributed by atoms with Crippen LogP contribution in [0.3, 0.4) is 0 Å². The molecule has 110 valence electrons. The van der Waals surface area contributed by atoms with Gasteiger partial charge in [-0.3, -0.25) is 9.88 Å². The van der Waals surface area contributed by atoms with Gasteiger partial charge in [-0.15, -0.1) is 0 Å². The first-order valence-electron chi connectivity index (χ1n) is 7.65. The van der Waals surface area contributed by atoms with Crippen LogP contribution in [0.4, 0.5) is 0 Å². The molecule has 1 aliphatic rings. The molecule has 1 fully saturated rings. The van der Waals surface area contributed by atoms with E-state index in [1.807, 2.05) is 24.4 Å². The number of aliphatic hydroxyl groups is 1. The van der Waals surface area contributed by atoms with Gasteiger partial charge in [0.25, 0.3) is 0 Å². The minimum atomic E-state index is 0.227. The fraction of sp³-hybridized carbons (Fsp3) is 0.389. The first-order valence-corrected chi connectivity index (χ1v) is 7.65. The van der Waals surface area contributed by atoms with Gasteiger partial charge in [0, 0.05) is 25.3 Å². The van der Waals surface area contributed by atoms with Crippen molar-refractivity contribution in [2.24, 2.45) is 5.92 Å². The van der Waals surface area contributed by atoms with Crippen molar-refractivity contribution in [3.05, 3.63) is 66.0 Å². The van der Waals surface area contributed by atoms with Crippen LogP contribution in [0.2, 0.25) is 0 Å². The second-order valence-electron chi connectivity index (χ2n) is 5.80. The summed E-state index contributed by atoms with van der Waals surface area (Å²) >= 11 is 0. The van der Waals surface area contributed by atoms with Crippen LogP contribution in [0.1, 0.15) is 24.1 Å². The molecule has 1 atom stereocenters. The molecule has 0 aliphatic heterocycles. The van der Waals surface area contributed by atoms with Crippen molar-refractivity contribution in [2.75, 3.05) is 6.61 Å². The molecule has 3 rings (SSSR count). The zero-order chi connectivity index (χ0) is 14.5. The summed E-state index contributed by atoms with van der Waals surface area (Å²) in [4.78, 5) is 6.80. The third kappa shape index (κ3) is 3.90. The number of hydrogen-bond donors (Lipinski definition) is 1. The van der Waals surface area contributed by atoms with Gasteiger partial charge in [0.2, 0.25) is 0 Å². The summed E-state index contributed by atoms with van der Waals surface area (Å²) in [5.74, 6) is 0.641. The number of aliphatic hydroxyl groups excluding tert-OH is 1. The zero-order valence-corrected chi connectivity index (χ0v) is 12.2. The first kappa shape index (κ1) is 14.2. The lowest BCUT2D eigenvalue weighted by molar-refractivity contribution is 0.0934. The number of nitrogens with zero attached hydrogens (tertiary/aromatic N) is 2. The van der Waals surface area contributed by atoms with E-state index in [1.165, 1.54) is 18.4 Å². The van der Waals surface area contributed by atoms with Gasteiger partial charge in [-0.05, 0) is 36.5 Å². The maximum absolute atomic E-state index is 9.80. The molecule has 1 aromatic carbocycles. The Hall–Kier alpha value is -1.71. The van der Waals surface area contributed by atoms with E-state index in [-0.39, 0.29) is 12.6 Å².